The zero-order chi connectivity index (χ0) is 14.8. The van der Waals surface area contributed by atoms with Crippen molar-refractivity contribution in [1.82, 2.24) is 9.97 Å². The molecule has 5 nitrogen and oxygen atoms in total. The molecule has 1 aliphatic heterocycles. The van der Waals surface area contributed by atoms with E-state index in [4.69, 9.17) is 4.74 Å². The average Bonchev–Trinajstić information content (AvgIpc) is 2.67. The standard InChI is InChI=1S/C15H16N4OS/c1-10-6-4-5-7-12(10)14-18-19(2)13-11(9-20-14)8-16-15(17-13)21-3/h4-8H,9H2,1-3H3. The summed E-state index contributed by atoms with van der Waals surface area (Å²) in [5.41, 5.74) is 3.06. The highest BCUT2D eigenvalue weighted by molar-refractivity contribution is 7.98. The number of nitrogens with zero attached hydrogens (tertiary/aromatic N) is 4. The fourth-order valence-corrected chi connectivity index (χ4v) is 2.50. The molecule has 0 aliphatic carbocycles. The van der Waals surface area contributed by atoms with Gasteiger partial charge in [0, 0.05) is 18.8 Å². The van der Waals surface area contributed by atoms with Crippen LogP contribution in [0.25, 0.3) is 0 Å². The molecule has 108 valence electrons. The fourth-order valence-electron chi connectivity index (χ4n) is 2.17. The van der Waals surface area contributed by atoms with E-state index in [-0.39, 0.29) is 0 Å². The van der Waals surface area contributed by atoms with E-state index in [0.29, 0.717) is 12.5 Å². The van der Waals surface area contributed by atoms with Gasteiger partial charge in [0.1, 0.15) is 6.61 Å². The van der Waals surface area contributed by atoms with Gasteiger partial charge < -0.3 is 4.74 Å². The first kappa shape index (κ1) is 13.9. The second-order valence-corrected chi connectivity index (χ2v) is 5.51. The van der Waals surface area contributed by atoms with Gasteiger partial charge in [0.2, 0.25) is 5.90 Å². The van der Waals surface area contributed by atoms with E-state index in [9.17, 15) is 0 Å². The van der Waals surface area contributed by atoms with Crippen molar-refractivity contribution in [2.75, 3.05) is 18.3 Å². The van der Waals surface area contributed by atoms with Crippen molar-refractivity contribution in [2.45, 2.75) is 18.7 Å². The van der Waals surface area contributed by atoms with Crippen LogP contribution in [0, 0.1) is 6.92 Å². The summed E-state index contributed by atoms with van der Waals surface area (Å²) >= 11 is 1.51. The Morgan fingerprint density at radius 3 is 2.86 bits per heavy atom. The monoisotopic (exact) mass is 300 g/mol. The number of aryl methyl sites for hydroxylation is 1. The highest BCUT2D eigenvalue weighted by Gasteiger charge is 2.19. The van der Waals surface area contributed by atoms with Gasteiger partial charge in [-0.25, -0.2) is 15.0 Å². The summed E-state index contributed by atoms with van der Waals surface area (Å²) in [5.74, 6) is 1.40. The van der Waals surface area contributed by atoms with Crippen LogP contribution in [0.2, 0.25) is 0 Å². The van der Waals surface area contributed by atoms with E-state index in [1.54, 1.807) is 11.2 Å². The van der Waals surface area contributed by atoms with E-state index < -0.39 is 0 Å². The molecule has 0 radical (unpaired) electrons. The average molecular weight is 300 g/mol. The number of hydrogen-bond donors (Lipinski definition) is 0. The third kappa shape index (κ3) is 2.71. The van der Waals surface area contributed by atoms with Gasteiger partial charge in [-0.05, 0) is 24.8 Å². The predicted molar refractivity (Wildman–Crippen MR) is 84.7 cm³/mol. The van der Waals surface area contributed by atoms with Crippen LogP contribution in [-0.2, 0) is 11.3 Å². The topological polar surface area (TPSA) is 50.6 Å². The van der Waals surface area contributed by atoms with Crippen LogP contribution in [0.3, 0.4) is 0 Å². The molecule has 2 heterocycles. The molecule has 0 fully saturated rings. The van der Waals surface area contributed by atoms with Crippen molar-refractivity contribution in [3.63, 3.8) is 0 Å². The maximum Gasteiger partial charge on any atom is 0.239 e. The van der Waals surface area contributed by atoms with Crippen molar-refractivity contribution < 1.29 is 4.74 Å². The Labute approximate surface area is 128 Å². The van der Waals surface area contributed by atoms with Crippen LogP contribution < -0.4 is 5.01 Å². The molecule has 0 bridgehead atoms. The molecule has 0 saturated carbocycles. The lowest BCUT2D eigenvalue weighted by Crippen LogP contribution is -2.15. The third-order valence-corrected chi connectivity index (χ3v) is 3.85. The minimum Gasteiger partial charge on any atom is -0.471 e. The predicted octanol–water partition coefficient (Wildman–Crippen LogP) is 2.84. The summed E-state index contributed by atoms with van der Waals surface area (Å²) in [4.78, 5) is 8.81. The highest BCUT2D eigenvalue weighted by Crippen LogP contribution is 2.24. The molecule has 6 heteroatoms. The van der Waals surface area contributed by atoms with Gasteiger partial charge in [0.25, 0.3) is 0 Å². The Balaban J connectivity index is 2.01. The SMILES string of the molecule is CSc1ncc2c(n1)N(C)N=C(c1ccccc1C)OC2. The van der Waals surface area contributed by atoms with Gasteiger partial charge in [-0.1, -0.05) is 30.0 Å². The van der Waals surface area contributed by atoms with Crippen molar-refractivity contribution >= 4 is 23.5 Å². The van der Waals surface area contributed by atoms with Gasteiger partial charge in [-0.15, -0.1) is 5.10 Å². The summed E-state index contributed by atoms with van der Waals surface area (Å²) < 4.78 is 5.86. The number of fused-ring (bicyclic) bond motifs is 1. The lowest BCUT2D eigenvalue weighted by Gasteiger charge is -2.13. The highest BCUT2D eigenvalue weighted by atomic mass is 32.2. The maximum atomic E-state index is 5.86. The van der Waals surface area contributed by atoms with Gasteiger partial charge >= 0.3 is 0 Å². The lowest BCUT2D eigenvalue weighted by atomic mass is 10.1. The van der Waals surface area contributed by atoms with Gasteiger partial charge in [-0.2, -0.15) is 0 Å². The second kappa shape index (κ2) is 5.73. The summed E-state index contributed by atoms with van der Waals surface area (Å²) in [6, 6.07) is 8.05. The Bertz CT molecular complexity index is 702. The zero-order valence-electron chi connectivity index (χ0n) is 12.2. The molecular weight excluding hydrogens is 284 g/mol. The largest absolute Gasteiger partial charge is 0.471 e. The number of thioether (sulfide) groups is 1. The van der Waals surface area contributed by atoms with E-state index >= 15 is 0 Å². The van der Waals surface area contributed by atoms with Crippen LogP contribution in [-0.4, -0.2) is 29.2 Å². The van der Waals surface area contributed by atoms with Crippen LogP contribution in [0.1, 0.15) is 16.7 Å². The molecular formula is C15H16N4OS. The first-order valence-corrected chi connectivity index (χ1v) is 7.82. The smallest absolute Gasteiger partial charge is 0.239 e. The van der Waals surface area contributed by atoms with Gasteiger partial charge in [0.15, 0.2) is 11.0 Å². The van der Waals surface area contributed by atoms with Crippen molar-refractivity contribution in [2.24, 2.45) is 5.10 Å². The number of aromatic nitrogens is 2. The molecule has 0 spiro atoms. The van der Waals surface area contributed by atoms with Crippen LogP contribution in [0.4, 0.5) is 5.82 Å². The molecule has 0 atom stereocenters. The number of hydrogen-bond acceptors (Lipinski definition) is 6. The molecule has 1 aliphatic rings. The minimum absolute atomic E-state index is 0.418. The molecule has 1 aromatic carbocycles. The van der Waals surface area contributed by atoms with E-state index in [2.05, 4.69) is 15.1 Å². The molecule has 21 heavy (non-hydrogen) atoms. The van der Waals surface area contributed by atoms with Crippen LogP contribution in [0.15, 0.2) is 40.7 Å². The number of rotatable bonds is 2. The lowest BCUT2D eigenvalue weighted by molar-refractivity contribution is 0.295. The molecule has 0 amide bonds. The maximum absolute atomic E-state index is 5.86. The minimum atomic E-state index is 0.418. The summed E-state index contributed by atoms with van der Waals surface area (Å²) in [6.07, 6.45) is 3.76. The van der Waals surface area contributed by atoms with Crippen LogP contribution in [0.5, 0.6) is 0 Å². The molecule has 3 rings (SSSR count). The Morgan fingerprint density at radius 2 is 2.10 bits per heavy atom. The van der Waals surface area contributed by atoms with Gasteiger partial charge in [-0.3, -0.25) is 0 Å². The van der Waals surface area contributed by atoms with Crippen molar-refractivity contribution in [3.8, 4) is 0 Å². The second-order valence-electron chi connectivity index (χ2n) is 4.74. The molecule has 1 aromatic heterocycles. The number of anilines is 1. The third-order valence-electron chi connectivity index (χ3n) is 3.29. The quantitative estimate of drug-likeness (QED) is 0.630. The van der Waals surface area contributed by atoms with Crippen LogP contribution >= 0.6 is 11.8 Å². The molecule has 0 unspecified atom stereocenters. The summed E-state index contributed by atoms with van der Waals surface area (Å²) in [7, 11) is 1.88. The van der Waals surface area contributed by atoms with Crippen molar-refractivity contribution in [3.05, 3.63) is 47.2 Å². The van der Waals surface area contributed by atoms with E-state index in [1.807, 2.05) is 44.5 Å². The molecule has 0 saturated heterocycles. The number of ether oxygens (including phenoxy) is 1. The molecule has 2 aromatic rings. The number of hydrazone groups is 1. The fraction of sp³-hybridized carbons (Fsp3) is 0.267. The van der Waals surface area contributed by atoms with Gasteiger partial charge in [0.05, 0.1) is 5.56 Å². The van der Waals surface area contributed by atoms with E-state index in [0.717, 1.165) is 27.7 Å². The Kier molecular flexibility index (Phi) is 3.79. The summed E-state index contributed by atoms with van der Waals surface area (Å²) in [6.45, 7) is 2.46. The normalized spacial score (nSPS) is 14.0. The Hall–Kier alpha value is -2.08. The number of benzene rings is 1. The van der Waals surface area contributed by atoms with E-state index in [1.165, 1.54) is 11.8 Å². The first-order chi connectivity index (χ1) is 10.2. The first-order valence-electron chi connectivity index (χ1n) is 6.60. The van der Waals surface area contributed by atoms with Crippen molar-refractivity contribution in [1.29, 1.82) is 0 Å². The Morgan fingerprint density at radius 1 is 1.29 bits per heavy atom. The zero-order valence-corrected chi connectivity index (χ0v) is 13.0. The molecule has 0 N–H and O–H groups in total. The summed E-state index contributed by atoms with van der Waals surface area (Å²) in [5, 5.41) is 7.04.